The quantitative estimate of drug-likeness (QED) is 0.907. The molecular weight excluding hydrogens is 271 g/mol. The Labute approximate surface area is 117 Å². The molecule has 1 aromatic carbocycles. The smallest absolute Gasteiger partial charge is 0.229 e. The fraction of sp³-hybridized carbons (Fsp3) is 0.462. The largest absolute Gasteiger partial charge is 0.317 e. The lowest BCUT2D eigenvalue weighted by Gasteiger charge is -2.27. The molecule has 0 aromatic heterocycles. The predicted molar refractivity (Wildman–Crippen MR) is 75.5 cm³/mol. The van der Waals surface area contributed by atoms with Crippen LogP contribution in [0.2, 0.25) is 10.0 Å². The second kappa shape index (κ2) is 5.91. The number of piperidine rings is 1. The summed E-state index contributed by atoms with van der Waals surface area (Å²) in [6.07, 6.45) is 1.79. The first-order valence-electron chi connectivity index (χ1n) is 6.03. The van der Waals surface area contributed by atoms with Gasteiger partial charge in [0.2, 0.25) is 5.91 Å². The lowest BCUT2D eigenvalue weighted by atomic mass is 9.96. The predicted octanol–water partition coefficient (Wildman–Crippen LogP) is 2.96. The lowest BCUT2D eigenvalue weighted by Crippen LogP contribution is -2.39. The third kappa shape index (κ3) is 2.97. The first-order chi connectivity index (χ1) is 8.59. The van der Waals surface area contributed by atoms with Crippen LogP contribution < -0.4 is 10.2 Å². The topological polar surface area (TPSA) is 32.3 Å². The van der Waals surface area contributed by atoms with Crippen LogP contribution in [0.25, 0.3) is 0 Å². The summed E-state index contributed by atoms with van der Waals surface area (Å²) in [7, 11) is 1.78. The fourth-order valence-electron chi connectivity index (χ4n) is 2.16. The van der Waals surface area contributed by atoms with E-state index in [4.69, 9.17) is 23.2 Å². The molecule has 0 bridgehead atoms. The van der Waals surface area contributed by atoms with Crippen LogP contribution in [0.4, 0.5) is 5.69 Å². The Kier molecular flexibility index (Phi) is 4.49. The third-order valence-electron chi connectivity index (χ3n) is 3.31. The fourth-order valence-corrected chi connectivity index (χ4v) is 2.46. The summed E-state index contributed by atoms with van der Waals surface area (Å²) < 4.78 is 0. The molecule has 3 nitrogen and oxygen atoms in total. The van der Waals surface area contributed by atoms with Crippen LogP contribution >= 0.6 is 23.2 Å². The van der Waals surface area contributed by atoms with E-state index in [2.05, 4.69) is 5.32 Å². The van der Waals surface area contributed by atoms with Crippen molar-refractivity contribution in [1.82, 2.24) is 5.32 Å². The molecule has 0 aliphatic carbocycles. The number of carbonyl (C=O) groups is 1. The zero-order valence-electron chi connectivity index (χ0n) is 10.2. The maximum absolute atomic E-state index is 12.3. The number of halogens is 2. The molecule has 1 aromatic rings. The van der Waals surface area contributed by atoms with Gasteiger partial charge in [-0.2, -0.15) is 0 Å². The lowest BCUT2D eigenvalue weighted by molar-refractivity contribution is -0.122. The average molecular weight is 287 g/mol. The van der Waals surface area contributed by atoms with Crippen molar-refractivity contribution in [2.75, 3.05) is 25.0 Å². The molecule has 0 unspecified atom stereocenters. The second-order valence-corrected chi connectivity index (χ2v) is 5.33. The van der Waals surface area contributed by atoms with Crippen LogP contribution in [0.3, 0.4) is 0 Å². The van der Waals surface area contributed by atoms with E-state index in [0.29, 0.717) is 10.0 Å². The summed E-state index contributed by atoms with van der Waals surface area (Å²) in [5.41, 5.74) is 0.785. The highest BCUT2D eigenvalue weighted by molar-refractivity contribution is 6.42. The van der Waals surface area contributed by atoms with E-state index >= 15 is 0 Å². The first kappa shape index (κ1) is 13.7. The van der Waals surface area contributed by atoms with Gasteiger partial charge in [0.25, 0.3) is 0 Å². The number of nitrogens with one attached hydrogen (secondary N) is 1. The number of hydrogen-bond donors (Lipinski definition) is 1. The standard InChI is InChI=1S/C13H16Cl2N2O/c1-17(10-2-3-11(14)12(15)8-10)13(18)9-4-6-16-7-5-9/h2-3,8-9,16H,4-7H2,1H3. The molecule has 0 atom stereocenters. The highest BCUT2D eigenvalue weighted by Crippen LogP contribution is 2.28. The number of nitrogens with zero attached hydrogens (tertiary/aromatic N) is 1. The van der Waals surface area contributed by atoms with Crippen molar-refractivity contribution in [2.45, 2.75) is 12.8 Å². The Balaban J connectivity index is 2.11. The molecule has 2 rings (SSSR count). The Bertz CT molecular complexity index is 445. The van der Waals surface area contributed by atoms with E-state index in [1.807, 2.05) is 6.07 Å². The van der Waals surface area contributed by atoms with E-state index in [9.17, 15) is 4.79 Å². The molecule has 1 fully saturated rings. The van der Waals surface area contributed by atoms with E-state index < -0.39 is 0 Å². The van der Waals surface area contributed by atoms with Gasteiger partial charge in [0.15, 0.2) is 0 Å². The van der Waals surface area contributed by atoms with Crippen molar-refractivity contribution in [3.63, 3.8) is 0 Å². The zero-order chi connectivity index (χ0) is 13.1. The van der Waals surface area contributed by atoms with Gasteiger partial charge in [-0.3, -0.25) is 4.79 Å². The Morgan fingerprint density at radius 2 is 1.94 bits per heavy atom. The molecule has 1 N–H and O–H groups in total. The third-order valence-corrected chi connectivity index (χ3v) is 4.05. The number of hydrogen-bond acceptors (Lipinski definition) is 2. The molecule has 1 amide bonds. The van der Waals surface area contributed by atoms with Gasteiger partial charge in [-0.25, -0.2) is 0 Å². The summed E-state index contributed by atoms with van der Waals surface area (Å²) in [6, 6.07) is 5.25. The van der Waals surface area contributed by atoms with Crippen molar-refractivity contribution in [2.24, 2.45) is 5.92 Å². The molecule has 1 saturated heterocycles. The second-order valence-electron chi connectivity index (χ2n) is 4.52. The molecule has 1 aliphatic rings. The Morgan fingerprint density at radius 3 is 2.56 bits per heavy atom. The van der Waals surface area contributed by atoms with Crippen LogP contribution in [0, 0.1) is 5.92 Å². The van der Waals surface area contributed by atoms with Gasteiger partial charge in [-0.15, -0.1) is 0 Å². The number of anilines is 1. The highest BCUT2D eigenvalue weighted by atomic mass is 35.5. The number of benzene rings is 1. The van der Waals surface area contributed by atoms with Crippen LogP contribution in [-0.2, 0) is 4.79 Å². The van der Waals surface area contributed by atoms with Gasteiger partial charge in [0.1, 0.15) is 0 Å². The van der Waals surface area contributed by atoms with Crippen LogP contribution in [0.5, 0.6) is 0 Å². The SMILES string of the molecule is CN(C(=O)C1CCNCC1)c1ccc(Cl)c(Cl)c1. The minimum absolute atomic E-state index is 0.103. The molecule has 0 radical (unpaired) electrons. The molecule has 1 heterocycles. The molecule has 0 spiro atoms. The van der Waals surface area contributed by atoms with Crippen LogP contribution in [0.1, 0.15) is 12.8 Å². The number of carbonyl (C=O) groups excluding carboxylic acids is 1. The van der Waals surface area contributed by atoms with Crippen molar-refractivity contribution in [3.8, 4) is 0 Å². The summed E-state index contributed by atoms with van der Waals surface area (Å²) in [6.45, 7) is 1.82. The van der Waals surface area contributed by atoms with Crippen molar-refractivity contribution < 1.29 is 4.79 Å². The van der Waals surface area contributed by atoms with E-state index in [-0.39, 0.29) is 11.8 Å². The van der Waals surface area contributed by atoms with Gasteiger partial charge < -0.3 is 10.2 Å². The summed E-state index contributed by atoms with van der Waals surface area (Å²) in [4.78, 5) is 14.0. The minimum Gasteiger partial charge on any atom is -0.317 e. The van der Waals surface area contributed by atoms with Crippen molar-refractivity contribution in [1.29, 1.82) is 0 Å². The first-order valence-corrected chi connectivity index (χ1v) is 6.78. The van der Waals surface area contributed by atoms with Gasteiger partial charge >= 0.3 is 0 Å². The van der Waals surface area contributed by atoms with Gasteiger partial charge in [0.05, 0.1) is 10.0 Å². The van der Waals surface area contributed by atoms with Crippen molar-refractivity contribution >= 4 is 34.8 Å². The van der Waals surface area contributed by atoms with E-state index in [0.717, 1.165) is 31.6 Å². The highest BCUT2D eigenvalue weighted by Gasteiger charge is 2.24. The normalized spacial score (nSPS) is 16.6. The Morgan fingerprint density at radius 1 is 1.28 bits per heavy atom. The van der Waals surface area contributed by atoms with Crippen LogP contribution in [-0.4, -0.2) is 26.0 Å². The molecule has 98 valence electrons. The average Bonchev–Trinajstić information content (AvgIpc) is 2.41. The maximum atomic E-state index is 12.3. The maximum Gasteiger partial charge on any atom is 0.229 e. The summed E-state index contributed by atoms with van der Waals surface area (Å²) >= 11 is 11.8. The molecule has 1 aliphatic heterocycles. The monoisotopic (exact) mass is 286 g/mol. The summed E-state index contributed by atoms with van der Waals surface area (Å²) in [5, 5.41) is 4.23. The van der Waals surface area contributed by atoms with Crippen molar-refractivity contribution in [3.05, 3.63) is 28.2 Å². The molecule has 5 heteroatoms. The van der Waals surface area contributed by atoms with Gasteiger partial charge in [0, 0.05) is 18.7 Å². The number of rotatable bonds is 2. The van der Waals surface area contributed by atoms with E-state index in [1.54, 1.807) is 24.1 Å². The van der Waals surface area contributed by atoms with Gasteiger partial charge in [-0.1, -0.05) is 23.2 Å². The minimum atomic E-state index is 0.103. The molecular formula is C13H16Cl2N2O. The molecule has 0 saturated carbocycles. The number of amides is 1. The zero-order valence-corrected chi connectivity index (χ0v) is 11.8. The van der Waals surface area contributed by atoms with Crippen LogP contribution in [0.15, 0.2) is 18.2 Å². The Hall–Kier alpha value is -0.770. The van der Waals surface area contributed by atoms with Gasteiger partial charge in [-0.05, 0) is 44.1 Å². The molecule has 18 heavy (non-hydrogen) atoms. The summed E-state index contributed by atoms with van der Waals surface area (Å²) in [5.74, 6) is 0.251. The van der Waals surface area contributed by atoms with E-state index in [1.165, 1.54) is 0 Å².